The molecule has 0 bridgehead atoms. The summed E-state index contributed by atoms with van der Waals surface area (Å²) in [4.78, 5) is 25.0. The summed E-state index contributed by atoms with van der Waals surface area (Å²) in [5, 5.41) is 3.94. The van der Waals surface area contributed by atoms with E-state index in [0.29, 0.717) is 19.0 Å². The van der Waals surface area contributed by atoms with Crippen LogP contribution in [0.25, 0.3) is 0 Å². The number of nitrogens with two attached hydrogens (primary N) is 1. The molecule has 0 aromatic carbocycles. The van der Waals surface area contributed by atoms with Gasteiger partial charge in [0, 0.05) is 12.7 Å². The van der Waals surface area contributed by atoms with Gasteiger partial charge in [-0.25, -0.2) is 0 Å². The quantitative estimate of drug-likeness (QED) is 0.717. The zero-order chi connectivity index (χ0) is 14.3. The summed E-state index contributed by atoms with van der Waals surface area (Å²) in [6, 6.07) is 1.61. The highest BCUT2D eigenvalue weighted by Gasteiger charge is 2.17. The predicted molar refractivity (Wildman–Crippen MR) is 70.1 cm³/mol. The first-order chi connectivity index (χ1) is 9.06. The molecule has 0 spiro atoms. The maximum absolute atomic E-state index is 12.1. The van der Waals surface area contributed by atoms with Crippen LogP contribution >= 0.6 is 0 Å². The molecule has 0 aliphatic heterocycles. The fourth-order valence-corrected chi connectivity index (χ4v) is 1.63. The lowest BCUT2D eigenvalue weighted by atomic mass is 10.3. The van der Waals surface area contributed by atoms with E-state index in [1.807, 2.05) is 6.92 Å². The molecule has 1 heterocycles. The fraction of sp³-hybridized carbons (Fsp3) is 0.583. The smallest absolute Gasteiger partial charge is 0.325 e. The third-order valence-electron chi connectivity index (χ3n) is 2.43. The second-order valence-corrected chi connectivity index (χ2v) is 4.06. The molecule has 0 aliphatic rings. The number of anilines is 1. The Kier molecular flexibility index (Phi) is 5.84. The number of amides is 1. The number of hydrogen-bond acceptors (Lipinski definition) is 5. The van der Waals surface area contributed by atoms with Gasteiger partial charge in [-0.1, -0.05) is 6.92 Å². The summed E-state index contributed by atoms with van der Waals surface area (Å²) < 4.78 is 6.30. The Balaban J connectivity index is 2.59. The predicted octanol–water partition coefficient (Wildman–Crippen LogP) is 0.267. The number of carbonyl (C=O) groups is 2. The molecule has 1 aromatic rings. The Morgan fingerprint density at radius 1 is 1.47 bits per heavy atom. The standard InChI is InChI=1S/C12H20N4O3/c1-3-6-15(9-12(18)19-4-2)11(17)8-16-7-5-10(13)14-16/h5,7H,3-4,6,8-9H2,1-2H3,(H2,13,14). The highest BCUT2D eigenvalue weighted by atomic mass is 16.5. The largest absolute Gasteiger partial charge is 0.465 e. The van der Waals surface area contributed by atoms with Crippen LogP contribution in [-0.2, 0) is 20.9 Å². The minimum absolute atomic E-state index is 0.0305. The summed E-state index contributed by atoms with van der Waals surface area (Å²) >= 11 is 0. The summed E-state index contributed by atoms with van der Waals surface area (Å²) in [6.07, 6.45) is 2.40. The van der Waals surface area contributed by atoms with Crippen LogP contribution in [0.5, 0.6) is 0 Å². The van der Waals surface area contributed by atoms with E-state index < -0.39 is 5.97 Å². The lowest BCUT2D eigenvalue weighted by Crippen LogP contribution is -2.39. The zero-order valence-corrected chi connectivity index (χ0v) is 11.3. The summed E-state index contributed by atoms with van der Waals surface area (Å²) in [5.41, 5.74) is 5.48. The molecule has 106 valence electrons. The minimum atomic E-state index is -0.399. The highest BCUT2D eigenvalue weighted by Crippen LogP contribution is 2.00. The Labute approximate surface area is 112 Å². The molecule has 7 heteroatoms. The lowest BCUT2D eigenvalue weighted by molar-refractivity contribution is -0.149. The highest BCUT2D eigenvalue weighted by molar-refractivity contribution is 5.81. The summed E-state index contributed by atoms with van der Waals surface area (Å²) in [7, 11) is 0. The van der Waals surface area contributed by atoms with Crippen molar-refractivity contribution in [3.63, 3.8) is 0 Å². The van der Waals surface area contributed by atoms with Crippen molar-refractivity contribution < 1.29 is 14.3 Å². The molecular weight excluding hydrogens is 248 g/mol. The van der Waals surface area contributed by atoms with Crippen molar-refractivity contribution in [1.29, 1.82) is 0 Å². The third kappa shape index (κ3) is 4.99. The number of esters is 1. The fourth-order valence-electron chi connectivity index (χ4n) is 1.63. The maximum Gasteiger partial charge on any atom is 0.325 e. The second kappa shape index (κ2) is 7.40. The Hall–Kier alpha value is -2.05. The molecule has 1 amide bonds. The monoisotopic (exact) mass is 268 g/mol. The summed E-state index contributed by atoms with van der Waals surface area (Å²) in [5.74, 6) is -0.220. The van der Waals surface area contributed by atoms with Crippen molar-refractivity contribution in [3.8, 4) is 0 Å². The minimum Gasteiger partial charge on any atom is -0.465 e. The molecule has 2 N–H and O–H groups in total. The first-order valence-electron chi connectivity index (χ1n) is 6.29. The maximum atomic E-state index is 12.1. The van der Waals surface area contributed by atoms with Crippen molar-refractivity contribution in [2.45, 2.75) is 26.8 Å². The first-order valence-corrected chi connectivity index (χ1v) is 6.29. The molecular formula is C12H20N4O3. The third-order valence-corrected chi connectivity index (χ3v) is 2.43. The zero-order valence-electron chi connectivity index (χ0n) is 11.3. The lowest BCUT2D eigenvalue weighted by Gasteiger charge is -2.20. The van der Waals surface area contributed by atoms with Crippen LogP contribution in [0.3, 0.4) is 0 Å². The number of carbonyl (C=O) groups excluding carboxylic acids is 2. The van der Waals surface area contributed by atoms with Gasteiger partial charge in [0.25, 0.3) is 0 Å². The van der Waals surface area contributed by atoms with Crippen LogP contribution in [0.2, 0.25) is 0 Å². The molecule has 1 aromatic heterocycles. The molecule has 0 unspecified atom stereocenters. The molecule has 0 saturated heterocycles. The molecule has 0 saturated carbocycles. The molecule has 0 atom stereocenters. The van der Waals surface area contributed by atoms with Gasteiger partial charge >= 0.3 is 5.97 Å². The second-order valence-electron chi connectivity index (χ2n) is 4.06. The van der Waals surface area contributed by atoms with Crippen molar-refractivity contribution >= 4 is 17.7 Å². The number of nitrogens with zero attached hydrogens (tertiary/aromatic N) is 3. The van der Waals surface area contributed by atoms with E-state index in [0.717, 1.165) is 6.42 Å². The summed E-state index contributed by atoms with van der Waals surface area (Å²) in [6.45, 7) is 4.53. The van der Waals surface area contributed by atoms with Crippen LogP contribution in [0, 0.1) is 0 Å². The van der Waals surface area contributed by atoms with Crippen LogP contribution in [-0.4, -0.2) is 46.3 Å². The van der Waals surface area contributed by atoms with Gasteiger partial charge in [-0.2, -0.15) is 5.10 Å². The molecule has 0 radical (unpaired) electrons. The molecule has 0 aliphatic carbocycles. The number of hydrogen-bond donors (Lipinski definition) is 1. The van der Waals surface area contributed by atoms with Gasteiger partial charge < -0.3 is 15.4 Å². The van der Waals surface area contributed by atoms with E-state index in [1.165, 1.54) is 9.58 Å². The average molecular weight is 268 g/mol. The number of rotatable bonds is 7. The molecule has 1 rings (SSSR count). The van der Waals surface area contributed by atoms with E-state index >= 15 is 0 Å². The SMILES string of the molecule is CCCN(CC(=O)OCC)C(=O)Cn1ccc(N)n1. The molecule has 0 fully saturated rings. The topological polar surface area (TPSA) is 90.5 Å². The van der Waals surface area contributed by atoms with Gasteiger partial charge in [-0.3, -0.25) is 14.3 Å². The van der Waals surface area contributed by atoms with E-state index in [4.69, 9.17) is 10.5 Å². The van der Waals surface area contributed by atoms with Gasteiger partial charge in [-0.15, -0.1) is 0 Å². The van der Waals surface area contributed by atoms with Gasteiger partial charge in [0.05, 0.1) is 6.61 Å². The van der Waals surface area contributed by atoms with Crippen LogP contribution in [0.4, 0.5) is 5.82 Å². The van der Waals surface area contributed by atoms with E-state index in [2.05, 4.69) is 5.10 Å². The van der Waals surface area contributed by atoms with Gasteiger partial charge in [0.1, 0.15) is 18.9 Å². The number of aromatic nitrogens is 2. The van der Waals surface area contributed by atoms with Gasteiger partial charge in [0.2, 0.25) is 5.91 Å². The van der Waals surface area contributed by atoms with Crippen LogP contribution < -0.4 is 5.73 Å². The molecule has 7 nitrogen and oxygen atoms in total. The Morgan fingerprint density at radius 3 is 2.74 bits per heavy atom. The molecule has 19 heavy (non-hydrogen) atoms. The van der Waals surface area contributed by atoms with Crippen LogP contribution in [0.1, 0.15) is 20.3 Å². The van der Waals surface area contributed by atoms with Crippen LogP contribution in [0.15, 0.2) is 12.3 Å². The van der Waals surface area contributed by atoms with E-state index in [1.54, 1.807) is 19.2 Å². The van der Waals surface area contributed by atoms with Crippen molar-refractivity contribution in [2.75, 3.05) is 25.4 Å². The van der Waals surface area contributed by atoms with Crippen molar-refractivity contribution in [1.82, 2.24) is 14.7 Å². The normalized spacial score (nSPS) is 10.2. The number of ether oxygens (including phenoxy) is 1. The van der Waals surface area contributed by atoms with E-state index in [-0.39, 0.29) is 19.0 Å². The van der Waals surface area contributed by atoms with Crippen molar-refractivity contribution in [3.05, 3.63) is 12.3 Å². The average Bonchev–Trinajstić information content (AvgIpc) is 2.74. The Morgan fingerprint density at radius 2 is 2.21 bits per heavy atom. The number of nitrogen functional groups attached to an aromatic ring is 1. The first kappa shape index (κ1) is 15.0. The van der Waals surface area contributed by atoms with Crippen molar-refractivity contribution in [2.24, 2.45) is 0 Å². The Bertz CT molecular complexity index is 430. The van der Waals surface area contributed by atoms with Gasteiger partial charge in [0.15, 0.2) is 0 Å². The van der Waals surface area contributed by atoms with E-state index in [9.17, 15) is 9.59 Å². The van der Waals surface area contributed by atoms with Gasteiger partial charge in [-0.05, 0) is 19.4 Å².